The minimum Gasteiger partial charge on any atom is -0.507 e. The Labute approximate surface area is 86.2 Å². The molecule has 0 fully saturated rings. The van der Waals surface area contributed by atoms with Crippen molar-refractivity contribution in [1.82, 2.24) is 0 Å². The van der Waals surface area contributed by atoms with Crippen molar-refractivity contribution in [3.8, 4) is 5.75 Å². The van der Waals surface area contributed by atoms with Crippen molar-refractivity contribution in [3.05, 3.63) is 23.3 Å². The highest BCUT2D eigenvalue weighted by molar-refractivity contribution is 5.56. The summed E-state index contributed by atoms with van der Waals surface area (Å²) in [6, 6.07) is 4.07. The number of phenols is 1. The fourth-order valence-corrected chi connectivity index (χ4v) is 1.70. The van der Waals surface area contributed by atoms with E-state index in [1.54, 1.807) is 0 Å². The first-order valence-corrected chi connectivity index (χ1v) is 5.15. The molecule has 0 bridgehead atoms. The Morgan fingerprint density at radius 3 is 1.86 bits per heavy atom. The molecule has 1 N–H and O–H groups in total. The van der Waals surface area contributed by atoms with Gasteiger partial charge in [0.1, 0.15) is 5.75 Å². The van der Waals surface area contributed by atoms with Crippen LogP contribution in [0.3, 0.4) is 0 Å². The lowest BCUT2D eigenvalue weighted by atomic mass is 10.1. The molecule has 0 atom stereocenters. The van der Waals surface area contributed by atoms with Crippen LogP contribution in [0.4, 0.5) is 5.69 Å². The van der Waals surface area contributed by atoms with Crippen LogP contribution in [0.1, 0.15) is 25.0 Å². The fraction of sp³-hybridized carbons (Fsp3) is 0.500. The van der Waals surface area contributed by atoms with Crippen LogP contribution in [-0.4, -0.2) is 18.2 Å². The molecule has 2 heteroatoms. The van der Waals surface area contributed by atoms with Gasteiger partial charge in [-0.2, -0.15) is 0 Å². The summed E-state index contributed by atoms with van der Waals surface area (Å²) in [7, 11) is 0. The van der Waals surface area contributed by atoms with Gasteiger partial charge in [0.2, 0.25) is 0 Å². The van der Waals surface area contributed by atoms with Gasteiger partial charge in [-0.15, -0.1) is 0 Å². The first-order chi connectivity index (χ1) is 6.60. The Kier molecular flexibility index (Phi) is 3.39. The van der Waals surface area contributed by atoms with E-state index < -0.39 is 0 Å². The molecular formula is C12H19NO. The SMILES string of the molecule is CCN(CC)c1cc(C)c(O)c(C)c1. The smallest absolute Gasteiger partial charge is 0.121 e. The predicted molar refractivity (Wildman–Crippen MR) is 61.1 cm³/mol. The van der Waals surface area contributed by atoms with Crippen LogP contribution < -0.4 is 4.90 Å². The molecule has 0 aromatic heterocycles. The van der Waals surface area contributed by atoms with Crippen LogP contribution in [0.5, 0.6) is 5.75 Å². The number of hydrogen-bond acceptors (Lipinski definition) is 2. The van der Waals surface area contributed by atoms with Gasteiger partial charge < -0.3 is 10.0 Å². The molecule has 0 amide bonds. The lowest BCUT2D eigenvalue weighted by molar-refractivity contribution is 0.467. The van der Waals surface area contributed by atoms with Crippen LogP contribution in [0.15, 0.2) is 12.1 Å². The Hall–Kier alpha value is -1.18. The minimum atomic E-state index is 0.418. The highest BCUT2D eigenvalue weighted by Gasteiger charge is 2.06. The maximum absolute atomic E-state index is 9.64. The second-order valence-electron chi connectivity index (χ2n) is 3.60. The van der Waals surface area contributed by atoms with E-state index in [0.29, 0.717) is 5.75 Å². The van der Waals surface area contributed by atoms with Crippen LogP contribution >= 0.6 is 0 Å². The standard InChI is InChI=1S/C12H19NO/c1-5-13(6-2)11-7-9(3)12(14)10(4)8-11/h7-8,14H,5-6H2,1-4H3. The summed E-state index contributed by atoms with van der Waals surface area (Å²) in [5, 5.41) is 9.64. The van der Waals surface area contributed by atoms with Gasteiger partial charge in [-0.25, -0.2) is 0 Å². The number of aryl methyl sites for hydroxylation is 2. The monoisotopic (exact) mass is 193 g/mol. The number of phenolic OH excluding ortho intramolecular Hbond substituents is 1. The molecule has 0 radical (unpaired) electrons. The van der Waals surface area contributed by atoms with Gasteiger partial charge in [0, 0.05) is 18.8 Å². The number of rotatable bonds is 3. The van der Waals surface area contributed by atoms with Gasteiger partial charge in [0.05, 0.1) is 0 Å². The number of nitrogens with zero attached hydrogens (tertiary/aromatic N) is 1. The topological polar surface area (TPSA) is 23.5 Å². The van der Waals surface area contributed by atoms with Gasteiger partial charge in [-0.05, 0) is 51.0 Å². The first kappa shape index (κ1) is 10.9. The highest BCUT2D eigenvalue weighted by atomic mass is 16.3. The van der Waals surface area contributed by atoms with Crippen molar-refractivity contribution in [2.24, 2.45) is 0 Å². The van der Waals surface area contributed by atoms with Crippen molar-refractivity contribution in [1.29, 1.82) is 0 Å². The maximum atomic E-state index is 9.64. The molecule has 78 valence electrons. The molecule has 14 heavy (non-hydrogen) atoms. The van der Waals surface area contributed by atoms with Crippen molar-refractivity contribution >= 4 is 5.69 Å². The van der Waals surface area contributed by atoms with Crippen LogP contribution in [0.25, 0.3) is 0 Å². The van der Waals surface area contributed by atoms with E-state index in [9.17, 15) is 5.11 Å². The van der Waals surface area contributed by atoms with Gasteiger partial charge in [-0.3, -0.25) is 0 Å². The number of anilines is 1. The molecule has 0 unspecified atom stereocenters. The van der Waals surface area contributed by atoms with Crippen molar-refractivity contribution in [2.75, 3.05) is 18.0 Å². The van der Waals surface area contributed by atoms with E-state index in [1.807, 2.05) is 26.0 Å². The number of benzene rings is 1. The Morgan fingerprint density at radius 1 is 1.07 bits per heavy atom. The second-order valence-corrected chi connectivity index (χ2v) is 3.60. The summed E-state index contributed by atoms with van der Waals surface area (Å²) in [6.45, 7) is 10.2. The normalized spacial score (nSPS) is 10.3. The van der Waals surface area contributed by atoms with Crippen LogP contribution in [0.2, 0.25) is 0 Å². The summed E-state index contributed by atoms with van der Waals surface area (Å²) in [5.74, 6) is 0.418. The van der Waals surface area contributed by atoms with Crippen LogP contribution in [-0.2, 0) is 0 Å². The molecule has 1 rings (SSSR count). The summed E-state index contributed by atoms with van der Waals surface area (Å²) in [6.07, 6.45) is 0. The summed E-state index contributed by atoms with van der Waals surface area (Å²) in [4.78, 5) is 2.28. The third-order valence-corrected chi connectivity index (χ3v) is 2.60. The quantitative estimate of drug-likeness (QED) is 0.798. The van der Waals surface area contributed by atoms with E-state index in [-0.39, 0.29) is 0 Å². The van der Waals surface area contributed by atoms with Crippen molar-refractivity contribution < 1.29 is 5.11 Å². The molecule has 2 nitrogen and oxygen atoms in total. The van der Waals surface area contributed by atoms with Gasteiger partial charge in [-0.1, -0.05) is 0 Å². The maximum Gasteiger partial charge on any atom is 0.121 e. The molecule has 0 aliphatic rings. The van der Waals surface area contributed by atoms with E-state index in [4.69, 9.17) is 0 Å². The van der Waals surface area contributed by atoms with Crippen LogP contribution in [0, 0.1) is 13.8 Å². The minimum absolute atomic E-state index is 0.418. The van der Waals surface area contributed by atoms with Gasteiger partial charge >= 0.3 is 0 Å². The molecular weight excluding hydrogens is 174 g/mol. The van der Waals surface area contributed by atoms with Gasteiger partial charge in [0.25, 0.3) is 0 Å². The summed E-state index contributed by atoms with van der Waals surface area (Å²) >= 11 is 0. The lowest BCUT2D eigenvalue weighted by Gasteiger charge is -2.22. The molecule has 0 aliphatic carbocycles. The first-order valence-electron chi connectivity index (χ1n) is 5.15. The van der Waals surface area contributed by atoms with Gasteiger partial charge in [0.15, 0.2) is 0 Å². The Balaban J connectivity index is 3.11. The summed E-state index contributed by atoms with van der Waals surface area (Å²) in [5.41, 5.74) is 3.10. The Morgan fingerprint density at radius 2 is 1.50 bits per heavy atom. The van der Waals surface area contributed by atoms with E-state index in [1.165, 1.54) is 5.69 Å². The molecule has 0 saturated heterocycles. The van der Waals surface area contributed by atoms with Crippen molar-refractivity contribution in [3.63, 3.8) is 0 Å². The largest absolute Gasteiger partial charge is 0.507 e. The third kappa shape index (κ3) is 2.00. The van der Waals surface area contributed by atoms with E-state index in [0.717, 1.165) is 24.2 Å². The third-order valence-electron chi connectivity index (χ3n) is 2.60. The number of aromatic hydroxyl groups is 1. The molecule has 1 aromatic rings. The second kappa shape index (κ2) is 4.36. The fourth-order valence-electron chi connectivity index (χ4n) is 1.70. The van der Waals surface area contributed by atoms with Crippen molar-refractivity contribution in [2.45, 2.75) is 27.7 Å². The highest BCUT2D eigenvalue weighted by Crippen LogP contribution is 2.27. The molecule has 0 spiro atoms. The number of hydrogen-bond donors (Lipinski definition) is 1. The Bertz CT molecular complexity index is 293. The molecule has 0 heterocycles. The zero-order chi connectivity index (χ0) is 10.7. The zero-order valence-corrected chi connectivity index (χ0v) is 9.46. The van der Waals surface area contributed by atoms with E-state index >= 15 is 0 Å². The molecule has 1 aromatic carbocycles. The zero-order valence-electron chi connectivity index (χ0n) is 9.46. The lowest BCUT2D eigenvalue weighted by Crippen LogP contribution is -2.21. The average Bonchev–Trinajstić information content (AvgIpc) is 2.16. The van der Waals surface area contributed by atoms with E-state index in [2.05, 4.69) is 18.7 Å². The predicted octanol–water partition coefficient (Wildman–Crippen LogP) is 2.86. The average molecular weight is 193 g/mol. The molecule has 0 aliphatic heterocycles. The molecule has 0 saturated carbocycles. The summed E-state index contributed by atoms with van der Waals surface area (Å²) < 4.78 is 0.